The Kier molecular flexibility index (Phi) is 5.67. The molecule has 0 radical (unpaired) electrons. The molecule has 1 heterocycles. The summed E-state index contributed by atoms with van der Waals surface area (Å²) in [5.41, 5.74) is -0.354. The molecule has 8 nitrogen and oxygen atoms in total. The van der Waals surface area contributed by atoms with Gasteiger partial charge in [-0.25, -0.2) is 14.2 Å². The topological polar surface area (TPSA) is 121 Å². The number of aliphatic carboxylic acids is 1. The van der Waals surface area contributed by atoms with Gasteiger partial charge in [-0.05, 0) is 23.3 Å². The van der Waals surface area contributed by atoms with Crippen LogP contribution in [0.25, 0.3) is 10.9 Å². The number of benzene rings is 3. The second-order valence-electron chi connectivity index (χ2n) is 7.15. The third-order valence-electron chi connectivity index (χ3n) is 5.12. The van der Waals surface area contributed by atoms with Crippen LogP contribution in [0, 0.1) is 0 Å². The van der Waals surface area contributed by atoms with E-state index in [4.69, 9.17) is 0 Å². The molecular formula is C24H19N3O5. The number of carbonyl (C=O) groups excluding carboxylic acids is 1. The van der Waals surface area contributed by atoms with E-state index in [0.717, 1.165) is 4.57 Å². The van der Waals surface area contributed by atoms with E-state index in [-0.39, 0.29) is 5.39 Å². The van der Waals surface area contributed by atoms with E-state index in [2.05, 4.69) is 10.3 Å². The van der Waals surface area contributed by atoms with Crippen LogP contribution >= 0.6 is 0 Å². The monoisotopic (exact) mass is 429 g/mol. The zero-order chi connectivity index (χ0) is 22.7. The van der Waals surface area contributed by atoms with Crippen molar-refractivity contribution in [3.8, 4) is 0 Å². The number of carbonyl (C=O) groups is 2. The summed E-state index contributed by atoms with van der Waals surface area (Å²) in [6, 6.07) is 20.2. The quantitative estimate of drug-likeness (QED) is 0.434. The van der Waals surface area contributed by atoms with E-state index in [1.54, 1.807) is 84.9 Å². The zero-order valence-electron chi connectivity index (χ0n) is 16.8. The van der Waals surface area contributed by atoms with Crippen LogP contribution in [0.1, 0.15) is 23.2 Å². The molecule has 2 unspecified atom stereocenters. The standard InChI is InChI=1S/C24H19N3O5/c28-21(26-19(23(30)31)15-9-3-1-4-10-15)20(16-11-5-2-6-12-16)27-22(29)17-13-7-8-14-18(17)25-24(27)32/h1-14,19-20H,(H,25,32)(H,26,28)(H,30,31). The van der Waals surface area contributed by atoms with Crippen LogP contribution in [-0.2, 0) is 9.59 Å². The van der Waals surface area contributed by atoms with Gasteiger partial charge in [0.25, 0.3) is 5.56 Å². The lowest BCUT2D eigenvalue weighted by molar-refractivity contribution is -0.142. The van der Waals surface area contributed by atoms with Crippen LogP contribution in [0.3, 0.4) is 0 Å². The van der Waals surface area contributed by atoms with Gasteiger partial charge in [0.2, 0.25) is 5.91 Å². The first-order valence-electron chi connectivity index (χ1n) is 9.84. The van der Waals surface area contributed by atoms with Gasteiger partial charge >= 0.3 is 11.7 Å². The minimum Gasteiger partial charge on any atom is -0.479 e. The Morgan fingerprint density at radius 3 is 2.00 bits per heavy atom. The lowest BCUT2D eigenvalue weighted by Gasteiger charge is -2.22. The van der Waals surface area contributed by atoms with Crippen molar-refractivity contribution >= 4 is 22.8 Å². The van der Waals surface area contributed by atoms with Crippen LogP contribution in [0.15, 0.2) is 94.5 Å². The molecular weight excluding hydrogens is 410 g/mol. The Hall–Kier alpha value is -4.46. The van der Waals surface area contributed by atoms with Crippen molar-refractivity contribution in [2.75, 3.05) is 0 Å². The predicted molar refractivity (Wildman–Crippen MR) is 118 cm³/mol. The number of para-hydroxylation sites is 1. The molecule has 4 rings (SSSR count). The summed E-state index contributed by atoms with van der Waals surface area (Å²) < 4.78 is 0.816. The molecule has 0 aliphatic rings. The SMILES string of the molecule is O=C(O)C(NC(=O)C(c1ccccc1)n1c(=O)[nH]c2ccccc2c1=O)c1ccccc1. The summed E-state index contributed by atoms with van der Waals surface area (Å²) in [6.07, 6.45) is 0. The van der Waals surface area contributed by atoms with Gasteiger partial charge < -0.3 is 15.4 Å². The summed E-state index contributed by atoms with van der Waals surface area (Å²) >= 11 is 0. The minimum atomic E-state index is -1.37. The Bertz CT molecular complexity index is 1390. The summed E-state index contributed by atoms with van der Waals surface area (Å²) in [5, 5.41) is 12.4. The third-order valence-corrected chi connectivity index (χ3v) is 5.12. The van der Waals surface area contributed by atoms with Gasteiger partial charge in [-0.15, -0.1) is 0 Å². The van der Waals surface area contributed by atoms with E-state index in [1.807, 2.05) is 0 Å². The van der Waals surface area contributed by atoms with Crippen LogP contribution in [0.4, 0.5) is 0 Å². The van der Waals surface area contributed by atoms with Crippen molar-refractivity contribution < 1.29 is 14.7 Å². The summed E-state index contributed by atoms with van der Waals surface area (Å²) in [5.74, 6) is -2.06. The molecule has 160 valence electrons. The Labute approximate surface area is 181 Å². The first-order chi connectivity index (χ1) is 15.5. The molecule has 3 N–H and O–H groups in total. The summed E-state index contributed by atoms with van der Waals surface area (Å²) in [6.45, 7) is 0. The second-order valence-corrected chi connectivity index (χ2v) is 7.15. The zero-order valence-corrected chi connectivity index (χ0v) is 16.8. The van der Waals surface area contributed by atoms with Crippen molar-refractivity contribution in [1.29, 1.82) is 0 Å². The molecule has 2 atom stereocenters. The number of hydrogen-bond donors (Lipinski definition) is 3. The minimum absolute atomic E-state index is 0.235. The number of amides is 1. The molecule has 0 aliphatic carbocycles. The average Bonchev–Trinajstić information content (AvgIpc) is 2.81. The third kappa shape index (κ3) is 3.93. The van der Waals surface area contributed by atoms with Gasteiger partial charge in [-0.3, -0.25) is 9.59 Å². The Morgan fingerprint density at radius 1 is 0.812 bits per heavy atom. The number of aromatic amines is 1. The number of rotatable bonds is 6. The molecule has 1 aromatic heterocycles. The van der Waals surface area contributed by atoms with E-state index < -0.39 is 35.2 Å². The molecule has 0 aliphatic heterocycles. The second kappa shape index (κ2) is 8.73. The fourth-order valence-electron chi connectivity index (χ4n) is 3.62. The average molecular weight is 429 g/mol. The molecule has 8 heteroatoms. The maximum absolute atomic E-state index is 13.4. The summed E-state index contributed by atoms with van der Waals surface area (Å²) in [4.78, 5) is 54.0. The molecule has 0 bridgehead atoms. The first-order valence-corrected chi connectivity index (χ1v) is 9.84. The number of carboxylic acid groups (broad SMARTS) is 1. The maximum atomic E-state index is 13.4. The van der Waals surface area contributed by atoms with Gasteiger partial charge in [0.1, 0.15) is 6.04 Å². The van der Waals surface area contributed by atoms with E-state index in [0.29, 0.717) is 16.6 Å². The normalized spacial score (nSPS) is 12.8. The molecule has 0 spiro atoms. The number of hydrogen-bond acceptors (Lipinski definition) is 4. The van der Waals surface area contributed by atoms with Crippen molar-refractivity contribution in [3.05, 3.63) is 117 Å². The predicted octanol–water partition coefficient (Wildman–Crippen LogP) is 2.22. The molecule has 32 heavy (non-hydrogen) atoms. The van der Waals surface area contributed by atoms with Crippen LogP contribution < -0.4 is 16.6 Å². The highest BCUT2D eigenvalue weighted by Crippen LogP contribution is 2.20. The van der Waals surface area contributed by atoms with Crippen molar-refractivity contribution in [2.24, 2.45) is 0 Å². The molecule has 3 aromatic carbocycles. The van der Waals surface area contributed by atoms with E-state index in [1.165, 1.54) is 0 Å². The number of carboxylic acids is 1. The number of aromatic nitrogens is 2. The number of nitrogens with zero attached hydrogens (tertiary/aromatic N) is 1. The highest BCUT2D eigenvalue weighted by atomic mass is 16.4. The van der Waals surface area contributed by atoms with Crippen molar-refractivity contribution in [2.45, 2.75) is 12.1 Å². The lowest BCUT2D eigenvalue weighted by atomic mass is 10.0. The maximum Gasteiger partial charge on any atom is 0.330 e. The van der Waals surface area contributed by atoms with E-state index in [9.17, 15) is 24.3 Å². The highest BCUT2D eigenvalue weighted by Gasteiger charge is 2.31. The smallest absolute Gasteiger partial charge is 0.330 e. The van der Waals surface area contributed by atoms with Gasteiger partial charge in [0.15, 0.2) is 6.04 Å². The fourth-order valence-corrected chi connectivity index (χ4v) is 3.62. The largest absolute Gasteiger partial charge is 0.479 e. The number of H-pyrrole nitrogens is 1. The van der Waals surface area contributed by atoms with Gasteiger partial charge in [-0.1, -0.05) is 72.8 Å². The molecule has 0 saturated carbocycles. The molecule has 0 saturated heterocycles. The fraction of sp³-hybridized carbons (Fsp3) is 0.0833. The van der Waals surface area contributed by atoms with Gasteiger partial charge in [0, 0.05) is 0 Å². The highest BCUT2D eigenvalue weighted by molar-refractivity contribution is 5.89. The molecule has 1 amide bonds. The molecule has 4 aromatic rings. The van der Waals surface area contributed by atoms with Crippen LogP contribution in [-0.4, -0.2) is 26.5 Å². The lowest BCUT2D eigenvalue weighted by Crippen LogP contribution is -2.46. The van der Waals surface area contributed by atoms with Crippen molar-refractivity contribution in [1.82, 2.24) is 14.9 Å². The Morgan fingerprint density at radius 2 is 1.38 bits per heavy atom. The molecule has 0 fully saturated rings. The van der Waals surface area contributed by atoms with Crippen LogP contribution in [0.5, 0.6) is 0 Å². The number of fused-ring (bicyclic) bond motifs is 1. The van der Waals surface area contributed by atoms with Crippen LogP contribution in [0.2, 0.25) is 0 Å². The Balaban J connectivity index is 1.85. The van der Waals surface area contributed by atoms with E-state index >= 15 is 0 Å². The summed E-state index contributed by atoms with van der Waals surface area (Å²) in [7, 11) is 0. The van der Waals surface area contributed by atoms with Crippen molar-refractivity contribution in [3.63, 3.8) is 0 Å². The van der Waals surface area contributed by atoms with Gasteiger partial charge in [0.05, 0.1) is 10.9 Å². The number of nitrogens with one attached hydrogen (secondary N) is 2. The van der Waals surface area contributed by atoms with Gasteiger partial charge in [-0.2, -0.15) is 0 Å². The first kappa shape index (κ1) is 20.8.